The number of anilines is 1. The zero-order chi connectivity index (χ0) is 19.0. The lowest BCUT2D eigenvalue weighted by Crippen LogP contribution is -2.23. The molecule has 0 bridgehead atoms. The monoisotopic (exact) mass is 354 g/mol. The predicted molar refractivity (Wildman–Crippen MR) is 115 cm³/mol. The molecule has 0 aromatic heterocycles. The summed E-state index contributed by atoms with van der Waals surface area (Å²) < 4.78 is 0. The van der Waals surface area contributed by atoms with Crippen LogP contribution in [0, 0.1) is 6.92 Å². The first-order valence-electron chi connectivity index (χ1n) is 9.80. The Morgan fingerprint density at radius 1 is 0.815 bits per heavy atom. The minimum atomic E-state index is 0.178. The summed E-state index contributed by atoms with van der Waals surface area (Å²) in [6, 6.07) is 26.8. The molecule has 1 heteroatoms. The Labute approximate surface area is 163 Å². The third-order valence-electron chi connectivity index (χ3n) is 5.73. The lowest BCUT2D eigenvalue weighted by atomic mass is 9.78. The van der Waals surface area contributed by atoms with Crippen LogP contribution >= 0.6 is 0 Å². The van der Waals surface area contributed by atoms with Gasteiger partial charge in [0.25, 0.3) is 0 Å². The molecule has 0 saturated heterocycles. The van der Waals surface area contributed by atoms with E-state index in [0.29, 0.717) is 12.0 Å². The van der Waals surface area contributed by atoms with Crippen LogP contribution in [0.15, 0.2) is 72.8 Å². The highest BCUT2D eigenvalue weighted by Gasteiger charge is 2.29. The van der Waals surface area contributed by atoms with Crippen molar-refractivity contribution in [2.24, 2.45) is 0 Å². The molecule has 4 rings (SSSR count). The summed E-state index contributed by atoms with van der Waals surface area (Å²) in [7, 11) is 0. The van der Waals surface area contributed by atoms with E-state index in [1.54, 1.807) is 0 Å². The Morgan fingerprint density at radius 2 is 1.52 bits per heavy atom. The van der Waals surface area contributed by atoms with E-state index in [1.807, 2.05) is 0 Å². The highest BCUT2D eigenvalue weighted by molar-refractivity contribution is 5.65. The van der Waals surface area contributed by atoms with Gasteiger partial charge in [0.1, 0.15) is 0 Å². The highest BCUT2D eigenvalue weighted by atomic mass is 14.9. The van der Waals surface area contributed by atoms with E-state index in [-0.39, 0.29) is 5.41 Å². The molecular weight excluding hydrogens is 326 g/mol. The van der Waals surface area contributed by atoms with Crippen molar-refractivity contribution in [1.29, 1.82) is 0 Å². The second-order valence-electron chi connectivity index (χ2n) is 8.65. The first-order valence-corrected chi connectivity index (χ1v) is 9.80. The number of fused-ring (bicyclic) bond motifs is 1. The smallest absolute Gasteiger partial charge is 0.0523 e. The summed E-state index contributed by atoms with van der Waals surface area (Å²) >= 11 is 0. The maximum atomic E-state index is 4.27. The molecule has 1 radical (unpaired) electrons. The zero-order valence-corrected chi connectivity index (χ0v) is 16.5. The van der Waals surface area contributed by atoms with Crippen LogP contribution in [0.2, 0.25) is 0 Å². The Balaban J connectivity index is 1.76. The highest BCUT2D eigenvalue weighted by Crippen LogP contribution is 2.45. The summed E-state index contributed by atoms with van der Waals surface area (Å²) in [6.07, 6.45) is 1.05. The van der Waals surface area contributed by atoms with Gasteiger partial charge in [-0.2, -0.15) is 0 Å². The first kappa shape index (κ1) is 17.9. The molecule has 27 heavy (non-hydrogen) atoms. The van der Waals surface area contributed by atoms with E-state index in [4.69, 9.17) is 0 Å². The van der Waals surface area contributed by atoms with E-state index < -0.39 is 0 Å². The van der Waals surface area contributed by atoms with Crippen LogP contribution in [0.5, 0.6) is 0 Å². The molecule has 1 aliphatic heterocycles. The molecule has 2 atom stereocenters. The molecule has 1 heterocycles. The lowest BCUT2D eigenvalue weighted by molar-refractivity contribution is 0.585. The quantitative estimate of drug-likeness (QED) is 0.530. The van der Waals surface area contributed by atoms with E-state index in [2.05, 4.69) is 106 Å². The van der Waals surface area contributed by atoms with Crippen LogP contribution in [0.1, 0.15) is 67.0 Å². The summed E-state index contributed by atoms with van der Waals surface area (Å²) in [6.45, 7) is 11.1. The van der Waals surface area contributed by atoms with E-state index in [0.717, 1.165) is 12.0 Å². The van der Waals surface area contributed by atoms with Gasteiger partial charge in [-0.3, -0.25) is 0 Å². The average molecular weight is 355 g/mol. The molecule has 0 saturated carbocycles. The van der Waals surface area contributed by atoms with Crippen molar-refractivity contribution in [2.75, 3.05) is 5.32 Å². The third-order valence-corrected chi connectivity index (χ3v) is 5.73. The molecule has 0 aliphatic carbocycles. The minimum Gasteiger partial charge on any atom is -0.378 e. The SMILES string of the molecule is [CH2]c1cccc2c1NC(c1ccccc1)CC2c1ccc(C(C)(C)C)cc1. The largest absolute Gasteiger partial charge is 0.378 e. The second-order valence-corrected chi connectivity index (χ2v) is 8.65. The fourth-order valence-electron chi connectivity index (χ4n) is 4.12. The molecule has 2 unspecified atom stereocenters. The summed E-state index contributed by atoms with van der Waals surface area (Å²) in [5.41, 5.74) is 7.91. The minimum absolute atomic E-state index is 0.178. The lowest BCUT2D eigenvalue weighted by Gasteiger charge is -2.35. The van der Waals surface area contributed by atoms with E-state index >= 15 is 0 Å². The number of hydrogen-bond acceptors (Lipinski definition) is 1. The fraction of sp³-hybridized carbons (Fsp3) is 0.269. The van der Waals surface area contributed by atoms with Crippen molar-refractivity contribution >= 4 is 5.69 Å². The van der Waals surface area contributed by atoms with Gasteiger partial charge in [-0.05, 0) is 46.6 Å². The summed E-state index contributed by atoms with van der Waals surface area (Å²) in [5.74, 6) is 0.377. The van der Waals surface area contributed by atoms with Crippen molar-refractivity contribution in [3.05, 3.63) is 108 Å². The van der Waals surface area contributed by atoms with Gasteiger partial charge in [0, 0.05) is 11.6 Å². The van der Waals surface area contributed by atoms with E-state index in [9.17, 15) is 0 Å². The Hall–Kier alpha value is -2.54. The molecule has 1 aliphatic rings. The topological polar surface area (TPSA) is 12.0 Å². The normalized spacial score (nSPS) is 19.3. The van der Waals surface area contributed by atoms with Gasteiger partial charge in [0.2, 0.25) is 0 Å². The molecule has 3 aromatic carbocycles. The van der Waals surface area contributed by atoms with Gasteiger partial charge in [-0.15, -0.1) is 0 Å². The van der Waals surface area contributed by atoms with Crippen LogP contribution < -0.4 is 5.32 Å². The molecule has 1 N–H and O–H groups in total. The Morgan fingerprint density at radius 3 is 2.19 bits per heavy atom. The van der Waals surface area contributed by atoms with Gasteiger partial charge in [0.15, 0.2) is 0 Å². The van der Waals surface area contributed by atoms with E-state index in [1.165, 1.54) is 27.9 Å². The van der Waals surface area contributed by atoms with Crippen molar-refractivity contribution in [2.45, 2.75) is 44.6 Å². The first-order chi connectivity index (χ1) is 12.9. The van der Waals surface area contributed by atoms with Crippen molar-refractivity contribution in [3.63, 3.8) is 0 Å². The fourth-order valence-corrected chi connectivity index (χ4v) is 4.12. The van der Waals surface area contributed by atoms with Gasteiger partial charge in [0.05, 0.1) is 6.04 Å². The Bertz CT molecular complexity index is 917. The molecule has 1 nitrogen and oxygen atoms in total. The number of benzene rings is 3. The third kappa shape index (κ3) is 3.51. The van der Waals surface area contributed by atoms with Crippen molar-refractivity contribution in [3.8, 4) is 0 Å². The maximum absolute atomic E-state index is 4.27. The molecule has 3 aromatic rings. The van der Waals surface area contributed by atoms with Gasteiger partial charge in [-0.1, -0.05) is 93.6 Å². The summed E-state index contributed by atoms with van der Waals surface area (Å²) in [4.78, 5) is 0. The number of hydrogen-bond donors (Lipinski definition) is 1. The van der Waals surface area contributed by atoms with Gasteiger partial charge in [-0.25, -0.2) is 0 Å². The number of rotatable bonds is 2. The Kier molecular flexibility index (Phi) is 4.55. The predicted octanol–water partition coefficient (Wildman–Crippen LogP) is 6.86. The zero-order valence-electron chi connectivity index (χ0n) is 16.5. The summed E-state index contributed by atoms with van der Waals surface area (Å²) in [5, 5.41) is 3.75. The standard InChI is InChI=1S/C26H28N/c1-18-9-8-12-22-23(19-13-15-21(16-14-19)26(2,3)4)17-24(27-25(18)22)20-10-6-5-7-11-20/h5-16,23-24,27H,1,17H2,2-4H3. The van der Waals surface area contributed by atoms with Crippen molar-refractivity contribution < 1.29 is 0 Å². The molecular formula is C26H28N. The van der Waals surface area contributed by atoms with Gasteiger partial charge >= 0.3 is 0 Å². The maximum Gasteiger partial charge on any atom is 0.0523 e. The molecule has 0 spiro atoms. The van der Waals surface area contributed by atoms with Crippen LogP contribution in [0.4, 0.5) is 5.69 Å². The molecule has 137 valence electrons. The van der Waals surface area contributed by atoms with Crippen LogP contribution in [-0.2, 0) is 5.41 Å². The van der Waals surface area contributed by atoms with Crippen LogP contribution in [-0.4, -0.2) is 0 Å². The average Bonchev–Trinajstić information content (AvgIpc) is 2.68. The second kappa shape index (κ2) is 6.88. The molecule has 0 fully saturated rings. The van der Waals surface area contributed by atoms with Gasteiger partial charge < -0.3 is 5.32 Å². The number of para-hydroxylation sites is 1. The van der Waals surface area contributed by atoms with Crippen molar-refractivity contribution in [1.82, 2.24) is 0 Å². The number of nitrogens with one attached hydrogen (secondary N) is 1. The van der Waals surface area contributed by atoms with Crippen LogP contribution in [0.25, 0.3) is 0 Å². The molecule has 0 amide bonds. The van der Waals surface area contributed by atoms with Crippen LogP contribution in [0.3, 0.4) is 0 Å².